The predicted molar refractivity (Wildman–Crippen MR) is 74.6 cm³/mol. The van der Waals surface area contributed by atoms with E-state index in [-0.39, 0.29) is 11.4 Å². The van der Waals surface area contributed by atoms with E-state index in [9.17, 15) is 26.3 Å². The van der Waals surface area contributed by atoms with Crippen molar-refractivity contribution >= 4 is 11.4 Å². The quantitative estimate of drug-likeness (QED) is 0.637. The van der Waals surface area contributed by atoms with Gasteiger partial charge in [0.15, 0.2) is 0 Å². The first-order valence-corrected chi connectivity index (χ1v) is 6.36. The monoisotopic (exact) mass is 334 g/mol. The lowest BCUT2D eigenvalue weighted by Gasteiger charge is -2.38. The Morgan fingerprint density at radius 3 is 1.57 bits per heavy atom. The molecule has 0 unspecified atom stereocenters. The molecule has 0 aliphatic rings. The van der Waals surface area contributed by atoms with Crippen molar-refractivity contribution in [3.8, 4) is 0 Å². The van der Waals surface area contributed by atoms with Gasteiger partial charge in [-0.05, 0) is 23.3 Å². The van der Waals surface area contributed by atoms with Gasteiger partial charge in [0.05, 0.1) is 11.4 Å². The molecule has 2 rings (SSSR count). The highest BCUT2D eigenvalue weighted by Gasteiger charge is 2.72. The second kappa shape index (κ2) is 5.36. The molecule has 2 aromatic carbocycles. The van der Waals surface area contributed by atoms with Gasteiger partial charge in [-0.3, -0.25) is 0 Å². The van der Waals surface area contributed by atoms with E-state index in [0.29, 0.717) is 12.1 Å². The molecule has 124 valence electrons. The van der Waals surface area contributed by atoms with Gasteiger partial charge in [-0.15, -0.1) is 0 Å². The van der Waals surface area contributed by atoms with Crippen LogP contribution in [-0.4, -0.2) is 12.4 Å². The maximum absolute atomic E-state index is 13.7. The Kier molecular flexibility index (Phi) is 3.96. The molecule has 0 saturated heterocycles. The first-order valence-electron chi connectivity index (χ1n) is 6.36. The van der Waals surface area contributed by atoms with Gasteiger partial charge in [0.25, 0.3) is 0 Å². The van der Waals surface area contributed by atoms with Gasteiger partial charge in [-0.1, -0.05) is 36.4 Å². The van der Waals surface area contributed by atoms with Crippen molar-refractivity contribution in [1.82, 2.24) is 0 Å². The van der Waals surface area contributed by atoms with Crippen LogP contribution in [-0.2, 0) is 5.41 Å². The Morgan fingerprint density at radius 1 is 0.609 bits per heavy atom. The fourth-order valence-electron chi connectivity index (χ4n) is 2.48. The van der Waals surface area contributed by atoms with E-state index in [2.05, 4.69) is 0 Å². The summed E-state index contributed by atoms with van der Waals surface area (Å²) < 4.78 is 82.1. The predicted octanol–water partition coefficient (Wildman–Crippen LogP) is 4.26. The lowest BCUT2D eigenvalue weighted by atomic mass is 9.72. The minimum absolute atomic E-state index is 0.0972. The molecular weight excluding hydrogens is 322 g/mol. The summed E-state index contributed by atoms with van der Waals surface area (Å²) in [6, 6.07) is 7.37. The number of hydrogen-bond donors (Lipinski definition) is 2. The molecule has 0 fully saturated rings. The fraction of sp³-hybridized carbons (Fsp3) is 0.200. The highest BCUT2D eigenvalue weighted by Crippen LogP contribution is 2.56. The molecular formula is C15H12F6N2. The van der Waals surface area contributed by atoms with E-state index in [0.717, 1.165) is 30.3 Å². The van der Waals surface area contributed by atoms with Gasteiger partial charge in [-0.25, -0.2) is 0 Å². The number of benzene rings is 2. The van der Waals surface area contributed by atoms with Crippen molar-refractivity contribution in [2.45, 2.75) is 17.8 Å². The van der Waals surface area contributed by atoms with E-state index in [1.54, 1.807) is 0 Å². The molecule has 0 saturated carbocycles. The minimum Gasteiger partial charge on any atom is -0.397 e. The zero-order valence-electron chi connectivity index (χ0n) is 11.5. The van der Waals surface area contributed by atoms with Crippen molar-refractivity contribution in [3.63, 3.8) is 0 Å². The Bertz CT molecular complexity index is 677. The van der Waals surface area contributed by atoms with Crippen LogP contribution in [0.4, 0.5) is 37.7 Å². The van der Waals surface area contributed by atoms with E-state index >= 15 is 0 Å². The number of nitrogens with two attached hydrogens (primary N) is 2. The maximum atomic E-state index is 13.7. The van der Waals surface area contributed by atoms with Gasteiger partial charge >= 0.3 is 12.4 Å². The topological polar surface area (TPSA) is 52.0 Å². The third-order valence-corrected chi connectivity index (χ3v) is 3.58. The van der Waals surface area contributed by atoms with Crippen LogP contribution in [0.2, 0.25) is 0 Å². The van der Waals surface area contributed by atoms with Crippen LogP contribution in [0.25, 0.3) is 0 Å². The summed E-state index contributed by atoms with van der Waals surface area (Å²) in [6.07, 6.45) is -11.3. The molecule has 0 radical (unpaired) electrons. The first-order chi connectivity index (χ1) is 10.5. The van der Waals surface area contributed by atoms with Crippen molar-refractivity contribution in [1.29, 1.82) is 0 Å². The van der Waals surface area contributed by atoms with Crippen LogP contribution in [0, 0.1) is 0 Å². The average Bonchev–Trinajstić information content (AvgIpc) is 2.41. The Hall–Kier alpha value is -2.38. The summed E-state index contributed by atoms with van der Waals surface area (Å²) in [7, 11) is 0. The summed E-state index contributed by atoms with van der Waals surface area (Å²) in [5.74, 6) is 0. The number of hydrogen-bond acceptors (Lipinski definition) is 2. The summed E-state index contributed by atoms with van der Waals surface area (Å²) in [5, 5.41) is 0. The Balaban J connectivity index is 2.91. The lowest BCUT2D eigenvalue weighted by molar-refractivity contribution is -0.288. The molecule has 0 aliphatic carbocycles. The summed E-state index contributed by atoms with van der Waals surface area (Å²) in [4.78, 5) is 0. The van der Waals surface area contributed by atoms with Crippen LogP contribution < -0.4 is 11.5 Å². The van der Waals surface area contributed by atoms with Crippen molar-refractivity contribution in [2.75, 3.05) is 11.5 Å². The molecule has 0 heterocycles. The molecule has 4 N–H and O–H groups in total. The molecule has 0 bridgehead atoms. The molecule has 8 heteroatoms. The smallest absolute Gasteiger partial charge is 0.397 e. The molecule has 2 nitrogen and oxygen atoms in total. The largest absolute Gasteiger partial charge is 0.411 e. The first kappa shape index (κ1) is 17.0. The number of halogens is 6. The standard InChI is InChI=1S/C15H12F6N2/c16-14(17,18)13(15(19,20)21,9-4-2-1-3-5-9)10-6-7-11(22)12(23)8-10/h1-8H,22-23H2. The molecule has 0 spiro atoms. The highest BCUT2D eigenvalue weighted by atomic mass is 19.4. The van der Waals surface area contributed by atoms with Crippen LogP contribution in [0.5, 0.6) is 0 Å². The van der Waals surface area contributed by atoms with Gasteiger partial charge in [0.1, 0.15) is 0 Å². The van der Waals surface area contributed by atoms with E-state index in [1.807, 2.05) is 0 Å². The molecule has 0 aromatic heterocycles. The van der Waals surface area contributed by atoms with Crippen molar-refractivity contribution < 1.29 is 26.3 Å². The molecule has 2 aromatic rings. The van der Waals surface area contributed by atoms with Crippen LogP contribution in [0.15, 0.2) is 48.5 Å². The van der Waals surface area contributed by atoms with Crippen molar-refractivity contribution in [3.05, 3.63) is 59.7 Å². The van der Waals surface area contributed by atoms with E-state index < -0.39 is 28.9 Å². The van der Waals surface area contributed by atoms with Gasteiger partial charge in [0.2, 0.25) is 5.41 Å². The molecule has 23 heavy (non-hydrogen) atoms. The summed E-state index contributed by atoms with van der Waals surface area (Å²) in [5.41, 5.74) is 4.21. The van der Waals surface area contributed by atoms with Crippen molar-refractivity contribution in [2.24, 2.45) is 0 Å². The van der Waals surface area contributed by atoms with Crippen LogP contribution in [0.3, 0.4) is 0 Å². The fourth-order valence-corrected chi connectivity index (χ4v) is 2.48. The molecule has 0 amide bonds. The van der Waals surface area contributed by atoms with E-state index in [4.69, 9.17) is 11.5 Å². The zero-order valence-corrected chi connectivity index (χ0v) is 11.5. The zero-order chi connectivity index (χ0) is 17.5. The average molecular weight is 334 g/mol. The number of nitrogen functional groups attached to an aromatic ring is 2. The van der Waals surface area contributed by atoms with Crippen LogP contribution >= 0.6 is 0 Å². The third-order valence-electron chi connectivity index (χ3n) is 3.58. The number of alkyl halides is 6. The molecule has 0 aliphatic heterocycles. The minimum atomic E-state index is -5.63. The Labute approximate surface area is 127 Å². The normalized spacial score (nSPS) is 13.1. The third kappa shape index (κ3) is 2.58. The second-order valence-electron chi connectivity index (χ2n) is 4.96. The number of anilines is 2. The summed E-state index contributed by atoms with van der Waals surface area (Å²) in [6.45, 7) is 0. The van der Waals surface area contributed by atoms with Gasteiger partial charge in [0, 0.05) is 0 Å². The highest BCUT2D eigenvalue weighted by molar-refractivity contribution is 5.66. The van der Waals surface area contributed by atoms with Crippen LogP contribution in [0.1, 0.15) is 11.1 Å². The van der Waals surface area contributed by atoms with Gasteiger partial charge < -0.3 is 11.5 Å². The Morgan fingerprint density at radius 2 is 1.13 bits per heavy atom. The lowest BCUT2D eigenvalue weighted by Crippen LogP contribution is -2.54. The van der Waals surface area contributed by atoms with E-state index in [1.165, 1.54) is 6.07 Å². The maximum Gasteiger partial charge on any atom is 0.411 e. The second-order valence-corrected chi connectivity index (χ2v) is 4.96. The summed E-state index contributed by atoms with van der Waals surface area (Å²) >= 11 is 0. The SMILES string of the molecule is Nc1ccc(C(c2ccccc2)(C(F)(F)F)C(F)(F)F)cc1N. The molecule has 0 atom stereocenters. The number of rotatable bonds is 2. The van der Waals surface area contributed by atoms with Gasteiger partial charge in [-0.2, -0.15) is 26.3 Å².